The SMILES string of the molecule is Cc1cc(-c2cnc3cc(-c4cnc(N5CCN(C(C)C)CC5)c(C)c4)ccn23)c2c(n1)C(C)CC=C2. The van der Waals surface area contributed by atoms with E-state index in [4.69, 9.17) is 15.0 Å². The van der Waals surface area contributed by atoms with Gasteiger partial charge in [-0.1, -0.05) is 19.1 Å². The van der Waals surface area contributed by atoms with Gasteiger partial charge in [-0.05, 0) is 69.5 Å². The smallest absolute Gasteiger partial charge is 0.137 e. The number of nitrogens with zero attached hydrogens (tertiary/aromatic N) is 6. The molecule has 1 atom stereocenters. The molecular formula is C31H36N6. The standard InChI is InChI=1S/C31H36N6/c1-20(2)35-11-13-36(14-12-35)31-22(4)15-25(18-33-31)24-9-10-37-28(19-32-29(37)17-24)27-16-23(5)34-30-21(3)7-6-8-26(27)30/h6,8-10,15-21H,7,11-14H2,1-5H3. The minimum Gasteiger partial charge on any atom is -0.354 e. The summed E-state index contributed by atoms with van der Waals surface area (Å²) in [7, 11) is 0. The molecule has 0 saturated carbocycles. The Labute approximate surface area is 219 Å². The first kappa shape index (κ1) is 23.9. The van der Waals surface area contributed by atoms with Crippen LogP contribution >= 0.6 is 0 Å². The number of aryl methyl sites for hydroxylation is 2. The Bertz CT molecular complexity index is 1490. The summed E-state index contributed by atoms with van der Waals surface area (Å²) in [4.78, 5) is 19.5. The highest BCUT2D eigenvalue weighted by molar-refractivity contribution is 5.78. The van der Waals surface area contributed by atoms with Crippen molar-refractivity contribution in [3.05, 3.63) is 71.4 Å². The quantitative estimate of drug-likeness (QED) is 0.343. The van der Waals surface area contributed by atoms with Crippen molar-refractivity contribution < 1.29 is 0 Å². The van der Waals surface area contributed by atoms with Crippen LogP contribution in [0.25, 0.3) is 34.1 Å². The molecule has 6 heteroatoms. The van der Waals surface area contributed by atoms with Crippen LogP contribution in [0.4, 0.5) is 5.82 Å². The second kappa shape index (κ2) is 9.42. The van der Waals surface area contributed by atoms with Gasteiger partial charge in [0.1, 0.15) is 11.5 Å². The molecule has 1 aliphatic carbocycles. The minimum absolute atomic E-state index is 0.433. The van der Waals surface area contributed by atoms with E-state index in [0.717, 1.165) is 66.6 Å². The van der Waals surface area contributed by atoms with Crippen molar-refractivity contribution in [3.63, 3.8) is 0 Å². The molecule has 0 bridgehead atoms. The van der Waals surface area contributed by atoms with Gasteiger partial charge in [0.25, 0.3) is 0 Å². The van der Waals surface area contributed by atoms with E-state index in [2.05, 4.69) is 91.4 Å². The Morgan fingerprint density at radius 1 is 0.946 bits per heavy atom. The lowest BCUT2D eigenvalue weighted by Gasteiger charge is -2.38. The maximum absolute atomic E-state index is 4.91. The molecule has 0 radical (unpaired) electrons. The van der Waals surface area contributed by atoms with Crippen molar-refractivity contribution in [2.75, 3.05) is 31.1 Å². The lowest BCUT2D eigenvalue weighted by atomic mass is 9.89. The summed E-state index contributed by atoms with van der Waals surface area (Å²) in [5.41, 5.74) is 10.2. The lowest BCUT2D eigenvalue weighted by molar-refractivity contribution is 0.209. The van der Waals surface area contributed by atoms with Gasteiger partial charge in [0.05, 0.1) is 17.6 Å². The van der Waals surface area contributed by atoms with Gasteiger partial charge in [0, 0.05) is 72.9 Å². The molecule has 1 aliphatic heterocycles. The summed E-state index contributed by atoms with van der Waals surface area (Å²) in [5.74, 6) is 1.54. The maximum Gasteiger partial charge on any atom is 0.137 e. The molecule has 0 N–H and O–H groups in total. The number of piperazine rings is 1. The van der Waals surface area contributed by atoms with Gasteiger partial charge in [-0.15, -0.1) is 0 Å². The van der Waals surface area contributed by atoms with Crippen molar-refractivity contribution in [2.24, 2.45) is 0 Å². The number of hydrogen-bond acceptors (Lipinski definition) is 5. The number of hydrogen-bond donors (Lipinski definition) is 0. The fourth-order valence-electron chi connectivity index (χ4n) is 5.84. The molecule has 37 heavy (non-hydrogen) atoms. The Balaban J connectivity index is 1.30. The summed E-state index contributed by atoms with van der Waals surface area (Å²) in [6.45, 7) is 15.3. The van der Waals surface area contributed by atoms with Gasteiger partial charge in [0.2, 0.25) is 0 Å². The van der Waals surface area contributed by atoms with Crippen LogP contribution in [0.5, 0.6) is 0 Å². The van der Waals surface area contributed by atoms with Gasteiger partial charge < -0.3 is 4.90 Å². The third-order valence-corrected chi connectivity index (χ3v) is 7.97. The highest BCUT2D eigenvalue weighted by atomic mass is 15.3. The van der Waals surface area contributed by atoms with E-state index in [1.807, 2.05) is 12.4 Å². The Morgan fingerprint density at radius 2 is 1.76 bits per heavy atom. The number of rotatable bonds is 4. The van der Waals surface area contributed by atoms with Gasteiger partial charge in [-0.25, -0.2) is 9.97 Å². The summed E-state index contributed by atoms with van der Waals surface area (Å²) in [6.07, 6.45) is 11.7. The largest absolute Gasteiger partial charge is 0.354 e. The number of pyridine rings is 3. The molecule has 5 heterocycles. The molecule has 1 unspecified atom stereocenters. The fourth-order valence-corrected chi connectivity index (χ4v) is 5.84. The Morgan fingerprint density at radius 3 is 2.51 bits per heavy atom. The zero-order chi connectivity index (χ0) is 25.7. The van der Waals surface area contributed by atoms with Crippen LogP contribution < -0.4 is 4.90 Å². The highest BCUT2D eigenvalue weighted by Crippen LogP contribution is 2.36. The zero-order valence-corrected chi connectivity index (χ0v) is 22.6. The molecule has 190 valence electrons. The van der Waals surface area contributed by atoms with Crippen molar-refractivity contribution in [2.45, 2.75) is 53.0 Å². The number of fused-ring (bicyclic) bond motifs is 2. The molecule has 0 spiro atoms. The van der Waals surface area contributed by atoms with Crippen molar-refractivity contribution >= 4 is 17.5 Å². The molecule has 2 aliphatic rings. The predicted molar refractivity (Wildman–Crippen MR) is 152 cm³/mol. The molecule has 4 aromatic rings. The van der Waals surface area contributed by atoms with Crippen molar-refractivity contribution in [3.8, 4) is 22.4 Å². The molecule has 4 aromatic heterocycles. The van der Waals surface area contributed by atoms with Crippen LogP contribution in [0, 0.1) is 13.8 Å². The second-order valence-electron chi connectivity index (χ2n) is 10.9. The first-order valence-corrected chi connectivity index (χ1v) is 13.5. The van der Waals surface area contributed by atoms with Crippen molar-refractivity contribution in [1.29, 1.82) is 0 Å². The normalized spacial score (nSPS) is 18.1. The van der Waals surface area contributed by atoms with E-state index in [0.29, 0.717) is 12.0 Å². The van der Waals surface area contributed by atoms with Crippen LogP contribution in [0.15, 0.2) is 48.9 Å². The van der Waals surface area contributed by atoms with Gasteiger partial charge in [0.15, 0.2) is 0 Å². The third kappa shape index (κ3) is 4.33. The van der Waals surface area contributed by atoms with Crippen LogP contribution in [-0.4, -0.2) is 56.5 Å². The number of aromatic nitrogens is 4. The second-order valence-corrected chi connectivity index (χ2v) is 10.9. The summed E-state index contributed by atoms with van der Waals surface area (Å²) >= 11 is 0. The Kier molecular flexibility index (Phi) is 6.07. The molecule has 1 fully saturated rings. The minimum atomic E-state index is 0.433. The predicted octanol–water partition coefficient (Wildman–Crippen LogP) is 6.13. The zero-order valence-electron chi connectivity index (χ0n) is 22.6. The van der Waals surface area contributed by atoms with Gasteiger partial charge in [-0.3, -0.25) is 14.3 Å². The number of allylic oxidation sites excluding steroid dienone is 1. The van der Waals surface area contributed by atoms with Crippen LogP contribution in [0.1, 0.15) is 55.6 Å². The average Bonchev–Trinajstić information content (AvgIpc) is 3.32. The van der Waals surface area contributed by atoms with E-state index in [9.17, 15) is 0 Å². The summed E-state index contributed by atoms with van der Waals surface area (Å²) < 4.78 is 2.19. The van der Waals surface area contributed by atoms with E-state index in [1.54, 1.807) is 0 Å². The van der Waals surface area contributed by atoms with Crippen LogP contribution in [0.3, 0.4) is 0 Å². The number of anilines is 1. The summed E-state index contributed by atoms with van der Waals surface area (Å²) in [5, 5.41) is 0. The Hall–Kier alpha value is -3.51. The lowest BCUT2D eigenvalue weighted by Crippen LogP contribution is -2.49. The topological polar surface area (TPSA) is 49.6 Å². The molecular weight excluding hydrogens is 456 g/mol. The molecule has 6 rings (SSSR count). The van der Waals surface area contributed by atoms with E-state index >= 15 is 0 Å². The molecule has 0 amide bonds. The van der Waals surface area contributed by atoms with Crippen LogP contribution in [-0.2, 0) is 0 Å². The fraction of sp³-hybridized carbons (Fsp3) is 0.387. The average molecular weight is 493 g/mol. The highest BCUT2D eigenvalue weighted by Gasteiger charge is 2.22. The van der Waals surface area contributed by atoms with E-state index in [-0.39, 0.29) is 0 Å². The summed E-state index contributed by atoms with van der Waals surface area (Å²) in [6, 6.07) is 9.40. The van der Waals surface area contributed by atoms with Crippen LogP contribution in [0.2, 0.25) is 0 Å². The first-order chi connectivity index (χ1) is 17.9. The van der Waals surface area contributed by atoms with Gasteiger partial charge in [-0.2, -0.15) is 0 Å². The molecule has 6 nitrogen and oxygen atoms in total. The van der Waals surface area contributed by atoms with Gasteiger partial charge >= 0.3 is 0 Å². The molecule has 1 saturated heterocycles. The van der Waals surface area contributed by atoms with Crippen molar-refractivity contribution in [1.82, 2.24) is 24.3 Å². The monoisotopic (exact) mass is 492 g/mol. The number of imidazole rings is 1. The first-order valence-electron chi connectivity index (χ1n) is 13.5. The molecule has 0 aromatic carbocycles. The maximum atomic E-state index is 4.91. The third-order valence-electron chi connectivity index (χ3n) is 7.97. The van der Waals surface area contributed by atoms with E-state index in [1.165, 1.54) is 22.4 Å². The van der Waals surface area contributed by atoms with E-state index < -0.39 is 0 Å².